The highest BCUT2D eigenvalue weighted by Gasteiger charge is 2.27. The quantitative estimate of drug-likeness (QED) is 0.354. The van der Waals surface area contributed by atoms with Gasteiger partial charge in [-0.1, -0.05) is 23.6 Å². The van der Waals surface area contributed by atoms with Crippen molar-refractivity contribution in [3.05, 3.63) is 40.8 Å². The van der Waals surface area contributed by atoms with E-state index in [1.165, 1.54) is 5.56 Å². The fourth-order valence-electron chi connectivity index (χ4n) is 4.74. The first-order valence-electron chi connectivity index (χ1n) is 12.2. The van der Waals surface area contributed by atoms with Gasteiger partial charge < -0.3 is 14.5 Å². The molecule has 12 heteroatoms. The van der Waals surface area contributed by atoms with Crippen LogP contribution in [0.3, 0.4) is 0 Å². The first-order chi connectivity index (χ1) is 17.8. The molecule has 1 unspecified atom stereocenters. The molecule has 5 rings (SSSR count). The molecule has 2 fully saturated rings. The van der Waals surface area contributed by atoms with Crippen LogP contribution in [0.1, 0.15) is 36.7 Å². The lowest BCUT2D eigenvalue weighted by Gasteiger charge is -2.37. The second-order valence-corrected chi connectivity index (χ2v) is 11.3. The normalized spacial score (nSPS) is 18.6. The first-order valence-corrected chi connectivity index (χ1v) is 14.4. The molecule has 2 aliphatic rings. The number of aryl methyl sites for hydroxylation is 1. The predicted octanol–water partition coefficient (Wildman–Crippen LogP) is 3.14. The Hall–Kier alpha value is -2.91. The maximum absolute atomic E-state index is 11.3. The number of hydrogen-bond acceptors (Lipinski definition) is 9. The number of anilines is 2. The highest BCUT2D eigenvalue weighted by atomic mass is 35.5. The van der Waals surface area contributed by atoms with Gasteiger partial charge in [0, 0.05) is 43.5 Å². The Bertz CT molecular complexity index is 1450. The van der Waals surface area contributed by atoms with Gasteiger partial charge >= 0.3 is 0 Å². The van der Waals surface area contributed by atoms with Gasteiger partial charge in [-0.2, -0.15) is 13.5 Å². The molecule has 2 saturated heterocycles. The molecule has 10 nitrogen and oxygen atoms in total. The minimum Gasteiger partial charge on any atom is -0.368 e. The van der Waals surface area contributed by atoms with Crippen LogP contribution in [0.15, 0.2) is 24.5 Å². The maximum Gasteiger partial charge on any atom is 0.265 e. The monoisotopic (exact) mass is 544 g/mol. The average Bonchev–Trinajstić information content (AvgIpc) is 3.27. The van der Waals surface area contributed by atoms with E-state index in [4.69, 9.17) is 25.6 Å². The molecule has 196 valence electrons. The van der Waals surface area contributed by atoms with E-state index in [0.29, 0.717) is 17.9 Å². The molecule has 0 bridgehead atoms. The molecule has 0 aliphatic carbocycles. The molecular formula is C25H29ClN6O4S. The Morgan fingerprint density at radius 3 is 2.68 bits per heavy atom. The number of rotatable bonds is 5. The summed E-state index contributed by atoms with van der Waals surface area (Å²) in [6, 6.07) is 5.96. The summed E-state index contributed by atoms with van der Waals surface area (Å²) in [5.74, 6) is 6.52. The third kappa shape index (κ3) is 5.83. The van der Waals surface area contributed by atoms with Crippen molar-refractivity contribution in [3.8, 4) is 11.8 Å². The van der Waals surface area contributed by atoms with E-state index in [-0.39, 0.29) is 12.8 Å². The summed E-state index contributed by atoms with van der Waals surface area (Å²) in [6.07, 6.45) is 5.20. The van der Waals surface area contributed by atoms with E-state index < -0.39 is 10.1 Å². The van der Waals surface area contributed by atoms with Crippen LogP contribution in [-0.4, -0.2) is 73.8 Å². The van der Waals surface area contributed by atoms with Gasteiger partial charge in [0.1, 0.15) is 24.4 Å². The van der Waals surface area contributed by atoms with Crippen molar-refractivity contribution in [2.24, 2.45) is 0 Å². The van der Waals surface area contributed by atoms with Gasteiger partial charge in [0.2, 0.25) is 0 Å². The Morgan fingerprint density at radius 2 is 1.95 bits per heavy atom. The zero-order valence-electron chi connectivity index (χ0n) is 20.9. The Kier molecular flexibility index (Phi) is 7.53. The molecule has 3 aromatic rings. The van der Waals surface area contributed by atoms with Crippen molar-refractivity contribution in [1.82, 2.24) is 19.7 Å². The third-order valence-electron chi connectivity index (χ3n) is 6.54. The van der Waals surface area contributed by atoms with E-state index in [9.17, 15) is 8.42 Å². The van der Waals surface area contributed by atoms with Crippen molar-refractivity contribution in [2.75, 3.05) is 55.4 Å². The van der Waals surface area contributed by atoms with Gasteiger partial charge in [-0.25, -0.2) is 14.6 Å². The summed E-state index contributed by atoms with van der Waals surface area (Å²) in [5.41, 5.74) is 3.45. The molecule has 0 saturated carbocycles. The van der Waals surface area contributed by atoms with Gasteiger partial charge in [0.05, 0.1) is 11.6 Å². The maximum atomic E-state index is 11.3. The van der Waals surface area contributed by atoms with Crippen LogP contribution in [0.25, 0.3) is 11.0 Å². The molecule has 0 amide bonds. The lowest BCUT2D eigenvalue weighted by molar-refractivity contribution is -0.0370. The summed E-state index contributed by atoms with van der Waals surface area (Å²) in [4.78, 5) is 13.7. The van der Waals surface area contributed by atoms with Gasteiger partial charge in [0.25, 0.3) is 10.1 Å². The van der Waals surface area contributed by atoms with E-state index in [2.05, 4.69) is 38.5 Å². The fraction of sp³-hybridized carbons (Fsp3) is 0.480. The minimum absolute atomic E-state index is 0.232. The first kappa shape index (κ1) is 25.7. The fourth-order valence-corrected chi connectivity index (χ4v) is 5.18. The van der Waals surface area contributed by atoms with E-state index in [0.717, 1.165) is 73.6 Å². The van der Waals surface area contributed by atoms with Crippen molar-refractivity contribution in [3.63, 3.8) is 0 Å². The van der Waals surface area contributed by atoms with Crippen LogP contribution < -0.4 is 9.80 Å². The van der Waals surface area contributed by atoms with E-state index >= 15 is 0 Å². The highest BCUT2D eigenvalue weighted by molar-refractivity contribution is 7.86. The SMILES string of the molecule is Cc1ccc(Cl)cc1N1CCN(c2ncnc3c2c(C#CCOS(C)(=O)=O)nn3C2CCCCO2)CC1. The van der Waals surface area contributed by atoms with Gasteiger partial charge in [0.15, 0.2) is 11.9 Å². The van der Waals surface area contributed by atoms with Crippen molar-refractivity contribution >= 4 is 44.3 Å². The molecule has 4 heterocycles. The van der Waals surface area contributed by atoms with Crippen LogP contribution in [-0.2, 0) is 19.0 Å². The molecule has 0 N–H and O–H groups in total. The summed E-state index contributed by atoms with van der Waals surface area (Å²) in [5, 5.41) is 6.20. The van der Waals surface area contributed by atoms with Crippen molar-refractivity contribution in [2.45, 2.75) is 32.4 Å². The Labute approximate surface area is 221 Å². The zero-order valence-corrected chi connectivity index (χ0v) is 22.4. The van der Waals surface area contributed by atoms with Crippen LogP contribution in [0.5, 0.6) is 0 Å². The highest BCUT2D eigenvalue weighted by Crippen LogP contribution is 2.32. The number of fused-ring (bicyclic) bond motifs is 1. The van der Waals surface area contributed by atoms with Gasteiger partial charge in [-0.3, -0.25) is 4.18 Å². The van der Waals surface area contributed by atoms with Gasteiger partial charge in [-0.15, -0.1) is 0 Å². The topological polar surface area (TPSA) is 103 Å². The molecule has 1 aromatic carbocycles. The van der Waals surface area contributed by atoms with Crippen LogP contribution >= 0.6 is 11.6 Å². The number of benzene rings is 1. The van der Waals surface area contributed by atoms with Crippen LogP contribution in [0, 0.1) is 18.8 Å². The number of piperazine rings is 1. The Balaban J connectivity index is 1.46. The van der Waals surface area contributed by atoms with Crippen molar-refractivity contribution < 1.29 is 17.3 Å². The zero-order chi connectivity index (χ0) is 26.0. The summed E-state index contributed by atoms with van der Waals surface area (Å²) < 4.78 is 35.2. The molecular weight excluding hydrogens is 516 g/mol. The average molecular weight is 545 g/mol. The van der Waals surface area contributed by atoms with Crippen molar-refractivity contribution in [1.29, 1.82) is 0 Å². The smallest absolute Gasteiger partial charge is 0.265 e. The molecule has 0 radical (unpaired) electrons. The molecule has 37 heavy (non-hydrogen) atoms. The predicted molar refractivity (Wildman–Crippen MR) is 142 cm³/mol. The lowest BCUT2D eigenvalue weighted by atomic mass is 10.1. The number of ether oxygens (including phenoxy) is 1. The standard InChI is InChI=1S/C25H29ClN6O4S/c1-18-8-9-19(26)16-21(18)30-10-12-31(13-11-30)24-23-20(6-5-15-36-37(2,33)34)29-32(25(23)28-17-27-24)22-7-3-4-14-35-22/h8-9,16-17,22H,3-4,7,10-15H2,1-2H3. The molecule has 0 spiro atoms. The molecule has 2 aromatic heterocycles. The van der Waals surface area contributed by atoms with E-state index in [1.54, 1.807) is 11.0 Å². The molecule has 2 aliphatic heterocycles. The number of nitrogens with zero attached hydrogens (tertiary/aromatic N) is 6. The number of aromatic nitrogens is 4. The number of halogens is 1. The number of hydrogen-bond donors (Lipinski definition) is 0. The van der Waals surface area contributed by atoms with Gasteiger partial charge in [-0.05, 0) is 49.8 Å². The lowest BCUT2D eigenvalue weighted by Crippen LogP contribution is -2.47. The Morgan fingerprint density at radius 1 is 1.16 bits per heavy atom. The summed E-state index contributed by atoms with van der Waals surface area (Å²) in [6.45, 7) is 5.59. The van der Waals surface area contributed by atoms with Crippen LogP contribution in [0.4, 0.5) is 11.5 Å². The minimum atomic E-state index is -3.59. The third-order valence-corrected chi connectivity index (χ3v) is 7.32. The van der Waals surface area contributed by atoms with E-state index in [1.807, 2.05) is 18.2 Å². The molecule has 1 atom stereocenters. The second-order valence-electron chi connectivity index (χ2n) is 9.18. The summed E-state index contributed by atoms with van der Waals surface area (Å²) in [7, 11) is -3.59. The largest absolute Gasteiger partial charge is 0.368 e. The van der Waals surface area contributed by atoms with Crippen LogP contribution in [0.2, 0.25) is 5.02 Å². The summed E-state index contributed by atoms with van der Waals surface area (Å²) >= 11 is 6.26. The second kappa shape index (κ2) is 10.8.